The number of hydrogen-bond acceptors (Lipinski definition) is 6. The molecule has 1 heterocycles. The minimum atomic E-state index is 0.253. The van der Waals surface area contributed by atoms with E-state index in [0.717, 1.165) is 11.3 Å². The highest BCUT2D eigenvalue weighted by Crippen LogP contribution is 2.16. The van der Waals surface area contributed by atoms with Gasteiger partial charge in [0, 0.05) is 13.6 Å². The summed E-state index contributed by atoms with van der Waals surface area (Å²) >= 11 is 0. The molecule has 0 radical (unpaired) electrons. The Hall–Kier alpha value is -2.08. The molecule has 0 spiro atoms. The van der Waals surface area contributed by atoms with Crippen LogP contribution >= 0.6 is 0 Å². The third-order valence-corrected chi connectivity index (χ3v) is 2.54. The standard InChI is InChI=1S/C12H16N4O2/c1-16(12-15-14-11(7-13)18-12)8-9-3-5-10(17-2)6-4-9/h3-6H,7-8,13H2,1-2H3. The van der Waals surface area contributed by atoms with Crippen molar-refractivity contribution in [2.45, 2.75) is 13.1 Å². The Morgan fingerprint density at radius 2 is 2.00 bits per heavy atom. The van der Waals surface area contributed by atoms with Gasteiger partial charge in [0.15, 0.2) is 0 Å². The monoisotopic (exact) mass is 248 g/mol. The minimum Gasteiger partial charge on any atom is -0.497 e. The fourth-order valence-corrected chi connectivity index (χ4v) is 1.55. The molecule has 0 saturated heterocycles. The third-order valence-electron chi connectivity index (χ3n) is 2.54. The van der Waals surface area contributed by atoms with Crippen molar-refractivity contribution in [3.05, 3.63) is 35.7 Å². The summed E-state index contributed by atoms with van der Waals surface area (Å²) in [5.74, 6) is 1.27. The van der Waals surface area contributed by atoms with Gasteiger partial charge in [0.05, 0.1) is 13.7 Å². The lowest BCUT2D eigenvalue weighted by molar-refractivity contribution is 0.414. The van der Waals surface area contributed by atoms with E-state index in [4.69, 9.17) is 14.9 Å². The lowest BCUT2D eigenvalue weighted by Gasteiger charge is -2.13. The SMILES string of the molecule is COc1ccc(CN(C)c2nnc(CN)o2)cc1. The average Bonchev–Trinajstić information content (AvgIpc) is 2.88. The molecule has 2 aromatic rings. The molecule has 0 atom stereocenters. The van der Waals surface area contributed by atoms with E-state index in [9.17, 15) is 0 Å². The number of benzene rings is 1. The molecule has 6 heteroatoms. The van der Waals surface area contributed by atoms with Gasteiger partial charge in [-0.1, -0.05) is 17.2 Å². The van der Waals surface area contributed by atoms with E-state index in [0.29, 0.717) is 18.5 Å². The van der Waals surface area contributed by atoms with E-state index in [1.54, 1.807) is 7.11 Å². The van der Waals surface area contributed by atoms with Gasteiger partial charge in [0.1, 0.15) is 5.75 Å². The van der Waals surface area contributed by atoms with Crippen molar-refractivity contribution >= 4 is 6.01 Å². The topological polar surface area (TPSA) is 77.4 Å². The molecule has 0 aliphatic carbocycles. The van der Waals surface area contributed by atoms with Crippen molar-refractivity contribution in [1.82, 2.24) is 10.2 Å². The molecule has 2 rings (SSSR count). The van der Waals surface area contributed by atoms with Crippen LogP contribution in [0, 0.1) is 0 Å². The van der Waals surface area contributed by atoms with Crippen LogP contribution in [0.5, 0.6) is 5.75 Å². The van der Waals surface area contributed by atoms with Crippen LogP contribution in [-0.2, 0) is 13.1 Å². The second-order valence-corrected chi connectivity index (χ2v) is 3.89. The normalized spacial score (nSPS) is 10.4. The van der Waals surface area contributed by atoms with Crippen LogP contribution in [0.2, 0.25) is 0 Å². The number of ether oxygens (including phenoxy) is 1. The van der Waals surface area contributed by atoms with E-state index in [1.807, 2.05) is 36.2 Å². The van der Waals surface area contributed by atoms with Crippen LogP contribution in [0.25, 0.3) is 0 Å². The molecule has 18 heavy (non-hydrogen) atoms. The summed E-state index contributed by atoms with van der Waals surface area (Å²) in [7, 11) is 3.53. The van der Waals surface area contributed by atoms with Gasteiger partial charge in [-0.15, -0.1) is 5.10 Å². The van der Waals surface area contributed by atoms with Gasteiger partial charge >= 0.3 is 6.01 Å². The first-order chi connectivity index (χ1) is 8.72. The predicted octanol–water partition coefficient (Wildman–Crippen LogP) is 1.17. The first-order valence-corrected chi connectivity index (χ1v) is 5.59. The maximum atomic E-state index is 5.42. The average molecular weight is 248 g/mol. The van der Waals surface area contributed by atoms with Crippen molar-refractivity contribution in [3.63, 3.8) is 0 Å². The smallest absolute Gasteiger partial charge is 0.318 e. The third kappa shape index (κ3) is 2.78. The lowest BCUT2D eigenvalue weighted by atomic mass is 10.2. The van der Waals surface area contributed by atoms with E-state index in [1.165, 1.54) is 0 Å². The zero-order valence-electron chi connectivity index (χ0n) is 10.5. The van der Waals surface area contributed by atoms with Crippen molar-refractivity contribution in [3.8, 4) is 5.75 Å². The maximum absolute atomic E-state index is 5.42. The Kier molecular flexibility index (Phi) is 3.78. The molecule has 0 aliphatic rings. The quantitative estimate of drug-likeness (QED) is 0.856. The molecule has 0 amide bonds. The van der Waals surface area contributed by atoms with Gasteiger partial charge in [-0.05, 0) is 17.7 Å². The molecule has 0 unspecified atom stereocenters. The second-order valence-electron chi connectivity index (χ2n) is 3.89. The first-order valence-electron chi connectivity index (χ1n) is 5.59. The van der Waals surface area contributed by atoms with Crippen molar-refractivity contribution in [2.75, 3.05) is 19.1 Å². The number of hydrogen-bond donors (Lipinski definition) is 1. The van der Waals surface area contributed by atoms with Gasteiger partial charge in [-0.25, -0.2) is 0 Å². The Morgan fingerprint density at radius 3 is 2.56 bits per heavy atom. The molecular weight excluding hydrogens is 232 g/mol. The molecule has 0 bridgehead atoms. The molecule has 96 valence electrons. The Labute approximate surface area is 105 Å². The van der Waals surface area contributed by atoms with Gasteiger partial charge in [-0.3, -0.25) is 0 Å². The van der Waals surface area contributed by atoms with Crippen LogP contribution in [0.3, 0.4) is 0 Å². The molecule has 1 aromatic heterocycles. The summed E-state index contributed by atoms with van der Waals surface area (Å²) in [6.45, 7) is 0.930. The lowest BCUT2D eigenvalue weighted by Crippen LogP contribution is -2.16. The zero-order chi connectivity index (χ0) is 13.0. The van der Waals surface area contributed by atoms with Crippen LogP contribution in [-0.4, -0.2) is 24.4 Å². The van der Waals surface area contributed by atoms with Crippen LogP contribution < -0.4 is 15.4 Å². The molecule has 0 aliphatic heterocycles. The summed E-state index contributed by atoms with van der Waals surface area (Å²) in [6, 6.07) is 8.29. The predicted molar refractivity (Wildman–Crippen MR) is 67.3 cm³/mol. The molecule has 1 aromatic carbocycles. The number of methoxy groups -OCH3 is 1. The number of nitrogens with zero attached hydrogens (tertiary/aromatic N) is 3. The van der Waals surface area contributed by atoms with Gasteiger partial charge in [0.2, 0.25) is 5.89 Å². The molecule has 2 N–H and O–H groups in total. The molecular formula is C12H16N4O2. The van der Waals surface area contributed by atoms with E-state index in [-0.39, 0.29) is 6.54 Å². The number of rotatable bonds is 5. The highest BCUT2D eigenvalue weighted by Gasteiger charge is 2.10. The Morgan fingerprint density at radius 1 is 1.28 bits per heavy atom. The maximum Gasteiger partial charge on any atom is 0.318 e. The molecule has 6 nitrogen and oxygen atoms in total. The van der Waals surface area contributed by atoms with Crippen LogP contribution in [0.15, 0.2) is 28.7 Å². The summed E-state index contributed by atoms with van der Waals surface area (Å²) < 4.78 is 10.5. The summed E-state index contributed by atoms with van der Waals surface area (Å²) in [5.41, 5.74) is 6.55. The highest BCUT2D eigenvalue weighted by molar-refractivity contribution is 5.31. The van der Waals surface area contributed by atoms with Crippen molar-refractivity contribution < 1.29 is 9.15 Å². The van der Waals surface area contributed by atoms with Crippen molar-refractivity contribution in [1.29, 1.82) is 0 Å². The molecule has 0 saturated carbocycles. The fraction of sp³-hybridized carbons (Fsp3) is 0.333. The van der Waals surface area contributed by atoms with E-state index < -0.39 is 0 Å². The van der Waals surface area contributed by atoms with E-state index >= 15 is 0 Å². The first kappa shape index (κ1) is 12.4. The molecule has 0 fully saturated rings. The van der Waals surface area contributed by atoms with E-state index in [2.05, 4.69) is 10.2 Å². The summed E-state index contributed by atoms with van der Waals surface area (Å²) in [4.78, 5) is 1.87. The number of nitrogens with two attached hydrogens (primary N) is 1. The fourth-order valence-electron chi connectivity index (χ4n) is 1.55. The van der Waals surface area contributed by atoms with Gasteiger partial charge < -0.3 is 19.8 Å². The zero-order valence-corrected chi connectivity index (χ0v) is 10.5. The Balaban J connectivity index is 2.03. The highest BCUT2D eigenvalue weighted by atomic mass is 16.5. The number of anilines is 1. The van der Waals surface area contributed by atoms with Crippen LogP contribution in [0.1, 0.15) is 11.5 Å². The number of aromatic nitrogens is 2. The second kappa shape index (κ2) is 5.50. The van der Waals surface area contributed by atoms with Crippen LogP contribution in [0.4, 0.5) is 6.01 Å². The van der Waals surface area contributed by atoms with Crippen molar-refractivity contribution in [2.24, 2.45) is 5.73 Å². The largest absolute Gasteiger partial charge is 0.497 e. The summed E-state index contributed by atoms with van der Waals surface area (Å²) in [6.07, 6.45) is 0. The van der Waals surface area contributed by atoms with Gasteiger partial charge in [0.25, 0.3) is 0 Å². The van der Waals surface area contributed by atoms with Gasteiger partial charge in [-0.2, -0.15) is 0 Å². The minimum absolute atomic E-state index is 0.253. The Bertz CT molecular complexity index is 495. The summed E-state index contributed by atoms with van der Waals surface area (Å²) in [5, 5.41) is 7.74.